The zero-order valence-electron chi connectivity index (χ0n) is 9.10. The molecule has 1 aromatic heterocycles. The Kier molecular flexibility index (Phi) is 2.11. The number of anilines is 1. The van der Waals surface area contributed by atoms with Crippen LogP contribution in [-0.4, -0.2) is 4.57 Å². The molecule has 3 heteroatoms. The lowest BCUT2D eigenvalue weighted by Gasteiger charge is -2.08. The molecular weight excluding hydrogens is 215 g/mol. The number of nitrogen functional groups attached to an aromatic ring is 1. The van der Waals surface area contributed by atoms with Gasteiger partial charge in [-0.05, 0) is 36.4 Å². The SMILES string of the molecule is Nc1ccccc1-n1ccc2ccc(F)cc21. The first-order valence-corrected chi connectivity index (χ1v) is 5.37. The summed E-state index contributed by atoms with van der Waals surface area (Å²) in [5, 5.41) is 0.995. The first-order chi connectivity index (χ1) is 8.25. The number of hydrogen-bond donors (Lipinski definition) is 1. The Balaban J connectivity index is 2.31. The molecule has 0 amide bonds. The van der Waals surface area contributed by atoms with E-state index in [2.05, 4.69) is 0 Å². The minimum atomic E-state index is -0.244. The van der Waals surface area contributed by atoms with Gasteiger partial charge in [0.2, 0.25) is 0 Å². The smallest absolute Gasteiger partial charge is 0.125 e. The van der Waals surface area contributed by atoms with Crippen molar-refractivity contribution in [3.05, 3.63) is 60.5 Å². The molecule has 2 aromatic carbocycles. The van der Waals surface area contributed by atoms with E-state index >= 15 is 0 Å². The van der Waals surface area contributed by atoms with Crippen LogP contribution in [0.2, 0.25) is 0 Å². The normalized spacial score (nSPS) is 10.9. The Bertz CT molecular complexity index is 686. The van der Waals surface area contributed by atoms with Gasteiger partial charge in [0.15, 0.2) is 0 Å². The molecule has 1 heterocycles. The van der Waals surface area contributed by atoms with Gasteiger partial charge in [-0.3, -0.25) is 0 Å². The molecule has 3 aromatic rings. The summed E-state index contributed by atoms with van der Waals surface area (Å²) in [7, 11) is 0. The van der Waals surface area contributed by atoms with Gasteiger partial charge in [-0.15, -0.1) is 0 Å². The molecule has 0 atom stereocenters. The second kappa shape index (κ2) is 3.63. The molecule has 0 unspecified atom stereocenters. The lowest BCUT2D eigenvalue weighted by atomic mass is 10.2. The molecule has 0 radical (unpaired) electrons. The Hall–Kier alpha value is -2.29. The summed E-state index contributed by atoms with van der Waals surface area (Å²) in [4.78, 5) is 0. The van der Waals surface area contributed by atoms with Crippen LogP contribution in [0, 0.1) is 5.82 Å². The Labute approximate surface area is 98.1 Å². The highest BCUT2D eigenvalue weighted by molar-refractivity contribution is 5.83. The summed E-state index contributed by atoms with van der Waals surface area (Å²) in [6, 6.07) is 14.2. The molecule has 0 aliphatic carbocycles. The second-order valence-electron chi connectivity index (χ2n) is 3.95. The number of para-hydroxylation sites is 2. The van der Waals surface area contributed by atoms with Crippen molar-refractivity contribution < 1.29 is 4.39 Å². The van der Waals surface area contributed by atoms with Crippen molar-refractivity contribution >= 4 is 16.6 Å². The van der Waals surface area contributed by atoms with E-state index in [0.29, 0.717) is 5.69 Å². The molecule has 0 fully saturated rings. The van der Waals surface area contributed by atoms with E-state index in [1.165, 1.54) is 12.1 Å². The molecule has 0 aliphatic heterocycles. The number of rotatable bonds is 1. The van der Waals surface area contributed by atoms with Crippen molar-refractivity contribution in [1.29, 1.82) is 0 Å². The molecule has 3 rings (SSSR count). The quantitative estimate of drug-likeness (QED) is 0.634. The molecule has 84 valence electrons. The van der Waals surface area contributed by atoms with Gasteiger partial charge in [-0.25, -0.2) is 4.39 Å². The summed E-state index contributed by atoms with van der Waals surface area (Å²) in [5.41, 5.74) is 8.29. The van der Waals surface area contributed by atoms with Crippen LogP contribution in [0.3, 0.4) is 0 Å². The molecule has 2 N–H and O–H groups in total. The van der Waals surface area contributed by atoms with Crippen molar-refractivity contribution in [2.45, 2.75) is 0 Å². The van der Waals surface area contributed by atoms with Gasteiger partial charge < -0.3 is 10.3 Å². The summed E-state index contributed by atoms with van der Waals surface area (Å²) < 4.78 is 15.2. The fraction of sp³-hybridized carbons (Fsp3) is 0. The summed E-state index contributed by atoms with van der Waals surface area (Å²) in [6.07, 6.45) is 1.90. The maximum atomic E-state index is 13.3. The van der Waals surface area contributed by atoms with Gasteiger partial charge in [0.1, 0.15) is 5.82 Å². The topological polar surface area (TPSA) is 30.9 Å². The third kappa shape index (κ3) is 1.56. The van der Waals surface area contributed by atoms with Crippen LogP contribution >= 0.6 is 0 Å². The van der Waals surface area contributed by atoms with Gasteiger partial charge >= 0.3 is 0 Å². The predicted molar refractivity (Wildman–Crippen MR) is 67.6 cm³/mol. The highest BCUT2D eigenvalue weighted by atomic mass is 19.1. The van der Waals surface area contributed by atoms with E-state index in [1.807, 2.05) is 41.1 Å². The van der Waals surface area contributed by atoms with Crippen molar-refractivity contribution in [3.8, 4) is 5.69 Å². The maximum Gasteiger partial charge on any atom is 0.125 e. The molecule has 17 heavy (non-hydrogen) atoms. The van der Waals surface area contributed by atoms with Crippen LogP contribution in [0.4, 0.5) is 10.1 Å². The van der Waals surface area contributed by atoms with E-state index in [9.17, 15) is 4.39 Å². The zero-order chi connectivity index (χ0) is 11.8. The van der Waals surface area contributed by atoms with Crippen molar-refractivity contribution in [1.82, 2.24) is 4.57 Å². The monoisotopic (exact) mass is 226 g/mol. The van der Waals surface area contributed by atoms with Crippen molar-refractivity contribution in [3.63, 3.8) is 0 Å². The van der Waals surface area contributed by atoms with E-state index in [4.69, 9.17) is 5.73 Å². The average molecular weight is 226 g/mol. The second-order valence-corrected chi connectivity index (χ2v) is 3.95. The van der Waals surface area contributed by atoms with Crippen LogP contribution in [0.25, 0.3) is 16.6 Å². The first kappa shape index (κ1) is 9.90. The first-order valence-electron chi connectivity index (χ1n) is 5.37. The van der Waals surface area contributed by atoms with E-state index in [-0.39, 0.29) is 5.82 Å². The minimum Gasteiger partial charge on any atom is -0.397 e. The third-order valence-corrected chi connectivity index (χ3v) is 2.85. The Morgan fingerprint density at radius 3 is 2.65 bits per heavy atom. The standard InChI is InChI=1S/C14H11FN2/c15-11-6-5-10-7-8-17(14(10)9-11)13-4-2-1-3-12(13)16/h1-9H,16H2. The summed E-state index contributed by atoms with van der Waals surface area (Å²) in [5.74, 6) is -0.244. The molecule has 2 nitrogen and oxygen atoms in total. The van der Waals surface area contributed by atoms with Gasteiger partial charge in [-0.2, -0.15) is 0 Å². The lowest BCUT2D eigenvalue weighted by Crippen LogP contribution is -1.97. The van der Waals surface area contributed by atoms with Crippen LogP contribution in [0.5, 0.6) is 0 Å². The van der Waals surface area contributed by atoms with Gasteiger partial charge in [0, 0.05) is 11.6 Å². The van der Waals surface area contributed by atoms with E-state index in [0.717, 1.165) is 16.6 Å². The van der Waals surface area contributed by atoms with Crippen molar-refractivity contribution in [2.75, 3.05) is 5.73 Å². The fourth-order valence-corrected chi connectivity index (χ4v) is 2.02. The third-order valence-electron chi connectivity index (χ3n) is 2.85. The largest absolute Gasteiger partial charge is 0.397 e. The number of benzene rings is 2. The summed E-state index contributed by atoms with van der Waals surface area (Å²) >= 11 is 0. The van der Waals surface area contributed by atoms with Crippen LogP contribution < -0.4 is 5.73 Å². The molecule has 0 saturated carbocycles. The van der Waals surface area contributed by atoms with Gasteiger partial charge in [0.25, 0.3) is 0 Å². The number of aromatic nitrogens is 1. The molecule has 0 saturated heterocycles. The molecule has 0 bridgehead atoms. The predicted octanol–water partition coefficient (Wildman–Crippen LogP) is 3.35. The number of fused-ring (bicyclic) bond motifs is 1. The molecule has 0 aliphatic rings. The van der Waals surface area contributed by atoms with E-state index in [1.54, 1.807) is 6.07 Å². The maximum absolute atomic E-state index is 13.3. The van der Waals surface area contributed by atoms with Crippen LogP contribution in [-0.2, 0) is 0 Å². The Morgan fingerprint density at radius 1 is 1.00 bits per heavy atom. The molecule has 0 spiro atoms. The lowest BCUT2D eigenvalue weighted by molar-refractivity contribution is 0.629. The number of nitrogens with two attached hydrogens (primary N) is 1. The fourth-order valence-electron chi connectivity index (χ4n) is 2.02. The highest BCUT2D eigenvalue weighted by Crippen LogP contribution is 2.24. The van der Waals surface area contributed by atoms with Crippen molar-refractivity contribution in [2.24, 2.45) is 0 Å². The number of hydrogen-bond acceptors (Lipinski definition) is 1. The summed E-state index contributed by atoms with van der Waals surface area (Å²) in [6.45, 7) is 0. The zero-order valence-corrected chi connectivity index (χ0v) is 9.10. The number of nitrogens with zero attached hydrogens (tertiary/aromatic N) is 1. The average Bonchev–Trinajstić information content (AvgIpc) is 2.72. The van der Waals surface area contributed by atoms with Gasteiger partial charge in [0.05, 0.1) is 16.9 Å². The minimum absolute atomic E-state index is 0.244. The van der Waals surface area contributed by atoms with E-state index < -0.39 is 0 Å². The van der Waals surface area contributed by atoms with Crippen LogP contribution in [0.15, 0.2) is 54.7 Å². The van der Waals surface area contributed by atoms with Gasteiger partial charge in [-0.1, -0.05) is 12.1 Å². The van der Waals surface area contributed by atoms with Crippen LogP contribution in [0.1, 0.15) is 0 Å². The highest BCUT2D eigenvalue weighted by Gasteiger charge is 2.06. The molecular formula is C14H11FN2. The Morgan fingerprint density at radius 2 is 1.82 bits per heavy atom. The number of halogens is 1.